The van der Waals surface area contributed by atoms with Crippen molar-refractivity contribution in [2.45, 2.75) is 37.9 Å². The highest BCUT2D eigenvalue weighted by Gasteiger charge is 2.22. The van der Waals surface area contributed by atoms with Gasteiger partial charge in [-0.25, -0.2) is 13.1 Å². The molecule has 1 fully saturated rings. The predicted molar refractivity (Wildman–Crippen MR) is 154 cm³/mol. The first-order valence-electron chi connectivity index (χ1n) is 12.8. The minimum Gasteiger partial charge on any atom is -0.492 e. The van der Waals surface area contributed by atoms with Gasteiger partial charge in [0.15, 0.2) is 0 Å². The summed E-state index contributed by atoms with van der Waals surface area (Å²) in [5.74, 6) is 0.381. The number of amides is 1. The molecule has 0 heterocycles. The summed E-state index contributed by atoms with van der Waals surface area (Å²) < 4.78 is 37.2. The number of benzene rings is 3. The van der Waals surface area contributed by atoms with Crippen LogP contribution in [0.3, 0.4) is 0 Å². The molecule has 0 saturated heterocycles. The fraction of sp³-hybridized carbons (Fsp3) is 0.345. The van der Waals surface area contributed by atoms with Crippen molar-refractivity contribution in [3.63, 3.8) is 0 Å². The van der Waals surface area contributed by atoms with Gasteiger partial charge in [0.25, 0.3) is 5.91 Å². The number of hydrogen-bond acceptors (Lipinski definition) is 7. The van der Waals surface area contributed by atoms with Crippen molar-refractivity contribution < 1.29 is 27.8 Å². The Balaban J connectivity index is 0.00000420. The van der Waals surface area contributed by atoms with E-state index in [9.17, 15) is 18.3 Å². The number of aliphatic hydroxyl groups excluding tert-OH is 1. The molecule has 0 radical (unpaired) electrons. The topological polar surface area (TPSA) is 114 Å². The molecule has 3 aromatic rings. The van der Waals surface area contributed by atoms with Crippen LogP contribution in [-0.2, 0) is 10.0 Å². The molecule has 10 heteroatoms. The van der Waals surface area contributed by atoms with Crippen LogP contribution in [0.4, 0.5) is 0 Å². The minimum atomic E-state index is -3.70. The fourth-order valence-corrected chi connectivity index (χ4v) is 4.86. The second-order valence-corrected chi connectivity index (χ2v) is 11.2. The second-order valence-electron chi connectivity index (χ2n) is 9.44. The van der Waals surface area contributed by atoms with Crippen LogP contribution in [0.15, 0.2) is 72.8 Å². The molecule has 1 saturated carbocycles. The number of ether oxygens (including phenoxy) is 2. The molecule has 3 aromatic carbocycles. The van der Waals surface area contributed by atoms with E-state index in [4.69, 9.17) is 9.47 Å². The van der Waals surface area contributed by atoms with Crippen LogP contribution >= 0.6 is 12.4 Å². The Kier molecular flexibility index (Phi) is 11.2. The molecular weight excluding hydrogens is 540 g/mol. The number of hydrogen-bond donors (Lipinski definition) is 3. The summed E-state index contributed by atoms with van der Waals surface area (Å²) in [5, 5.41) is 13.4. The number of halogens is 1. The summed E-state index contributed by atoms with van der Waals surface area (Å²) >= 11 is 0. The maximum absolute atomic E-state index is 12.6. The number of nitrogens with one attached hydrogen (secondary N) is 2. The number of sulfonamides is 1. The SMILES string of the molecule is CS(=O)(=O)NC(=O)c1ccc(-c2ccc(OCCNC[C@@H](O)c3ccccc3)cc2)cc1OC1CCCC1.Cl. The van der Waals surface area contributed by atoms with Gasteiger partial charge in [-0.3, -0.25) is 4.79 Å². The van der Waals surface area contributed by atoms with E-state index < -0.39 is 22.0 Å². The van der Waals surface area contributed by atoms with Crippen LogP contribution < -0.4 is 19.5 Å². The van der Waals surface area contributed by atoms with Crippen molar-refractivity contribution in [2.24, 2.45) is 0 Å². The molecule has 1 aliphatic rings. The number of carbonyl (C=O) groups is 1. The van der Waals surface area contributed by atoms with Crippen molar-refractivity contribution in [1.82, 2.24) is 10.0 Å². The van der Waals surface area contributed by atoms with Gasteiger partial charge in [0.05, 0.1) is 24.0 Å². The normalized spacial score (nSPS) is 14.3. The third kappa shape index (κ3) is 9.25. The zero-order chi connectivity index (χ0) is 27.0. The predicted octanol–water partition coefficient (Wildman–Crippen LogP) is 4.49. The molecule has 4 rings (SSSR count). The molecule has 1 atom stereocenters. The second kappa shape index (κ2) is 14.3. The summed E-state index contributed by atoms with van der Waals surface area (Å²) in [6.45, 7) is 1.48. The Morgan fingerprint density at radius 1 is 1.00 bits per heavy atom. The summed E-state index contributed by atoms with van der Waals surface area (Å²) in [4.78, 5) is 12.6. The first kappa shape index (κ1) is 30.4. The Hall–Kier alpha value is -3.11. The fourth-order valence-electron chi connectivity index (χ4n) is 4.41. The van der Waals surface area contributed by atoms with Crippen LogP contribution in [0.25, 0.3) is 11.1 Å². The van der Waals surface area contributed by atoms with Crippen LogP contribution in [0.5, 0.6) is 11.5 Å². The van der Waals surface area contributed by atoms with Crippen molar-refractivity contribution in [1.29, 1.82) is 0 Å². The van der Waals surface area contributed by atoms with E-state index in [0.29, 0.717) is 31.2 Å². The van der Waals surface area contributed by atoms with E-state index in [1.807, 2.05) is 59.3 Å². The third-order valence-corrected chi connectivity index (χ3v) is 6.91. The zero-order valence-electron chi connectivity index (χ0n) is 21.8. The lowest BCUT2D eigenvalue weighted by Gasteiger charge is -2.17. The maximum atomic E-state index is 12.6. The monoisotopic (exact) mass is 574 g/mol. The summed E-state index contributed by atoms with van der Waals surface area (Å²) in [6.07, 6.45) is 4.34. The van der Waals surface area contributed by atoms with E-state index >= 15 is 0 Å². The van der Waals surface area contributed by atoms with Crippen molar-refractivity contribution in [3.05, 3.63) is 83.9 Å². The molecule has 8 nitrogen and oxygen atoms in total. The zero-order valence-corrected chi connectivity index (χ0v) is 23.5. The van der Waals surface area contributed by atoms with E-state index in [1.165, 1.54) is 0 Å². The maximum Gasteiger partial charge on any atom is 0.268 e. The molecule has 1 aliphatic carbocycles. The minimum absolute atomic E-state index is 0. The highest BCUT2D eigenvalue weighted by Crippen LogP contribution is 2.32. The van der Waals surface area contributed by atoms with Gasteiger partial charge in [-0.2, -0.15) is 0 Å². The summed E-state index contributed by atoms with van der Waals surface area (Å²) in [7, 11) is -3.70. The molecule has 0 aromatic heterocycles. The Labute approximate surface area is 236 Å². The lowest BCUT2D eigenvalue weighted by molar-refractivity contribution is 0.0974. The number of rotatable bonds is 12. The smallest absolute Gasteiger partial charge is 0.268 e. The average Bonchev–Trinajstić information content (AvgIpc) is 3.41. The van der Waals surface area contributed by atoms with Gasteiger partial charge in [0.2, 0.25) is 10.0 Å². The molecule has 0 spiro atoms. The lowest BCUT2D eigenvalue weighted by Crippen LogP contribution is -2.30. The summed E-state index contributed by atoms with van der Waals surface area (Å²) in [5.41, 5.74) is 2.82. The van der Waals surface area contributed by atoms with E-state index in [1.54, 1.807) is 18.2 Å². The van der Waals surface area contributed by atoms with Crippen LogP contribution in [-0.4, -0.2) is 51.5 Å². The summed E-state index contributed by atoms with van der Waals surface area (Å²) in [6, 6.07) is 22.3. The standard InChI is InChI=1S/C29H34N2O6S.ClH/c1-38(34,35)31-29(33)26-16-13-23(19-28(26)37-25-9-5-6-10-25)21-11-14-24(15-12-21)36-18-17-30-20-27(32)22-7-3-2-4-8-22;/h2-4,7-8,11-16,19,25,27,30,32H,5-6,9-10,17-18,20H2,1H3,(H,31,33);1H/t27-;/m1./s1. The van der Waals surface area contributed by atoms with E-state index in [0.717, 1.165) is 48.6 Å². The number of carbonyl (C=O) groups excluding carboxylic acids is 1. The Bertz CT molecular complexity index is 1310. The average molecular weight is 575 g/mol. The lowest BCUT2D eigenvalue weighted by atomic mass is 10.0. The molecule has 3 N–H and O–H groups in total. The van der Waals surface area contributed by atoms with Gasteiger partial charge < -0.3 is 19.9 Å². The van der Waals surface area contributed by atoms with Crippen LogP contribution in [0, 0.1) is 0 Å². The van der Waals surface area contributed by atoms with Gasteiger partial charge >= 0.3 is 0 Å². The van der Waals surface area contributed by atoms with Gasteiger partial charge in [-0.1, -0.05) is 48.5 Å². The highest BCUT2D eigenvalue weighted by molar-refractivity contribution is 7.89. The van der Waals surface area contributed by atoms with Gasteiger partial charge in [0, 0.05) is 13.1 Å². The molecule has 39 heavy (non-hydrogen) atoms. The Morgan fingerprint density at radius 2 is 1.67 bits per heavy atom. The van der Waals surface area contributed by atoms with Crippen molar-refractivity contribution >= 4 is 28.3 Å². The highest BCUT2D eigenvalue weighted by atomic mass is 35.5. The van der Waals surface area contributed by atoms with Gasteiger partial charge in [-0.05, 0) is 66.6 Å². The molecule has 0 bridgehead atoms. The van der Waals surface area contributed by atoms with Gasteiger partial charge in [0.1, 0.15) is 18.1 Å². The molecular formula is C29H35ClN2O6S. The molecule has 0 aliphatic heterocycles. The van der Waals surface area contributed by atoms with Gasteiger partial charge in [-0.15, -0.1) is 12.4 Å². The van der Waals surface area contributed by atoms with Crippen LogP contribution in [0.1, 0.15) is 47.7 Å². The largest absolute Gasteiger partial charge is 0.492 e. The molecule has 0 unspecified atom stereocenters. The van der Waals surface area contributed by atoms with Crippen LogP contribution in [0.2, 0.25) is 0 Å². The van der Waals surface area contributed by atoms with Crippen molar-refractivity contribution in [3.8, 4) is 22.6 Å². The first-order valence-corrected chi connectivity index (χ1v) is 14.7. The van der Waals surface area contributed by atoms with E-state index in [2.05, 4.69) is 5.32 Å². The quantitative estimate of drug-likeness (QED) is 0.273. The number of aliphatic hydroxyl groups is 1. The molecule has 210 valence electrons. The first-order chi connectivity index (χ1) is 18.3. The van der Waals surface area contributed by atoms with E-state index in [-0.39, 0.29) is 24.1 Å². The Morgan fingerprint density at radius 3 is 2.33 bits per heavy atom. The third-order valence-electron chi connectivity index (χ3n) is 6.36. The molecule has 1 amide bonds. The van der Waals surface area contributed by atoms with Crippen molar-refractivity contribution in [2.75, 3.05) is 26.0 Å².